The van der Waals surface area contributed by atoms with Gasteiger partial charge in [-0.3, -0.25) is 10.1 Å². The molecule has 1 unspecified atom stereocenters. The van der Waals surface area contributed by atoms with Crippen LogP contribution in [0.15, 0.2) is 18.2 Å². The highest BCUT2D eigenvalue weighted by molar-refractivity contribution is 5.69. The van der Waals surface area contributed by atoms with E-state index in [4.69, 9.17) is 5.73 Å². The van der Waals surface area contributed by atoms with Crippen LogP contribution in [0.25, 0.3) is 0 Å². The lowest BCUT2D eigenvalue weighted by atomic mass is 9.88. The summed E-state index contributed by atoms with van der Waals surface area (Å²) < 4.78 is 0. The Kier molecular flexibility index (Phi) is 3.60. The molecule has 1 rings (SSSR count). The van der Waals surface area contributed by atoms with Gasteiger partial charge >= 0.3 is 0 Å². The van der Waals surface area contributed by atoms with Gasteiger partial charge in [-0.2, -0.15) is 0 Å². The van der Waals surface area contributed by atoms with Crippen LogP contribution >= 0.6 is 0 Å². The van der Waals surface area contributed by atoms with E-state index in [1.807, 2.05) is 0 Å². The van der Waals surface area contributed by atoms with Crippen LogP contribution in [-0.2, 0) is 0 Å². The molecule has 1 aromatic carbocycles. The maximum Gasteiger partial charge on any atom is 0.271 e. The molecule has 5 nitrogen and oxygen atoms in total. The lowest BCUT2D eigenvalue weighted by Crippen LogP contribution is -2.31. The molecule has 0 fully saturated rings. The second-order valence-electron chi connectivity index (χ2n) is 5.26. The van der Waals surface area contributed by atoms with E-state index in [0.717, 1.165) is 5.69 Å². The number of hydrogen-bond acceptors (Lipinski definition) is 4. The lowest BCUT2D eigenvalue weighted by molar-refractivity contribution is -0.384. The fourth-order valence-corrected chi connectivity index (χ4v) is 1.24. The molecule has 0 aromatic heterocycles. The van der Waals surface area contributed by atoms with Crippen LogP contribution in [0.1, 0.15) is 27.7 Å². The molecular formula is C12H19N3O2. The molecule has 0 heterocycles. The monoisotopic (exact) mass is 237 g/mol. The van der Waals surface area contributed by atoms with Crippen LogP contribution in [0.4, 0.5) is 17.1 Å². The number of nitrogen functional groups attached to an aromatic ring is 1. The first-order chi connectivity index (χ1) is 7.71. The Morgan fingerprint density at radius 3 is 2.41 bits per heavy atom. The van der Waals surface area contributed by atoms with E-state index in [9.17, 15) is 10.1 Å². The summed E-state index contributed by atoms with van der Waals surface area (Å²) >= 11 is 0. The molecule has 0 saturated heterocycles. The average Bonchev–Trinajstić information content (AvgIpc) is 2.19. The summed E-state index contributed by atoms with van der Waals surface area (Å²) in [5.74, 6) is 0. The van der Waals surface area contributed by atoms with Crippen molar-refractivity contribution in [2.24, 2.45) is 5.41 Å². The third-order valence-electron chi connectivity index (χ3n) is 2.92. The van der Waals surface area contributed by atoms with Gasteiger partial charge in [0.2, 0.25) is 0 Å². The smallest absolute Gasteiger partial charge is 0.271 e. The molecule has 94 valence electrons. The maximum absolute atomic E-state index is 10.6. The van der Waals surface area contributed by atoms with Gasteiger partial charge < -0.3 is 11.1 Å². The second-order valence-corrected chi connectivity index (χ2v) is 5.26. The molecule has 5 heteroatoms. The number of anilines is 2. The molecule has 0 bridgehead atoms. The van der Waals surface area contributed by atoms with Crippen molar-refractivity contribution in [2.45, 2.75) is 33.7 Å². The maximum atomic E-state index is 10.6. The third kappa shape index (κ3) is 3.34. The van der Waals surface area contributed by atoms with E-state index in [2.05, 4.69) is 33.0 Å². The standard InChI is InChI=1S/C12H19N3O2/c1-8(12(2,3)4)14-11-6-5-9(15(16)17)7-10(11)13/h5-8,14H,13H2,1-4H3. The van der Waals surface area contributed by atoms with Crippen LogP contribution in [0, 0.1) is 15.5 Å². The predicted molar refractivity (Wildman–Crippen MR) is 70.0 cm³/mol. The second kappa shape index (κ2) is 4.61. The Bertz CT molecular complexity index is 424. The van der Waals surface area contributed by atoms with E-state index in [1.165, 1.54) is 12.1 Å². The summed E-state index contributed by atoms with van der Waals surface area (Å²) in [7, 11) is 0. The Morgan fingerprint density at radius 1 is 1.41 bits per heavy atom. The van der Waals surface area contributed by atoms with Gasteiger partial charge in [0.25, 0.3) is 5.69 Å². The highest BCUT2D eigenvalue weighted by Gasteiger charge is 2.20. The number of hydrogen-bond donors (Lipinski definition) is 2. The van der Waals surface area contributed by atoms with Gasteiger partial charge in [0, 0.05) is 18.2 Å². The minimum Gasteiger partial charge on any atom is -0.397 e. The number of benzene rings is 1. The Hall–Kier alpha value is -1.78. The van der Waals surface area contributed by atoms with Crippen LogP contribution in [0.3, 0.4) is 0 Å². The van der Waals surface area contributed by atoms with E-state index >= 15 is 0 Å². The summed E-state index contributed by atoms with van der Waals surface area (Å²) in [6, 6.07) is 4.69. The fraction of sp³-hybridized carbons (Fsp3) is 0.500. The number of nitro groups is 1. The molecule has 17 heavy (non-hydrogen) atoms. The number of nitro benzene ring substituents is 1. The molecule has 1 atom stereocenters. The van der Waals surface area contributed by atoms with Crippen molar-refractivity contribution in [2.75, 3.05) is 11.1 Å². The van der Waals surface area contributed by atoms with Crippen molar-refractivity contribution in [3.05, 3.63) is 28.3 Å². The highest BCUT2D eigenvalue weighted by atomic mass is 16.6. The first kappa shape index (κ1) is 13.3. The van der Waals surface area contributed by atoms with Gasteiger partial charge in [-0.05, 0) is 18.4 Å². The number of rotatable bonds is 3. The van der Waals surface area contributed by atoms with E-state index < -0.39 is 4.92 Å². The van der Waals surface area contributed by atoms with Gasteiger partial charge in [-0.15, -0.1) is 0 Å². The molecule has 1 aromatic rings. The van der Waals surface area contributed by atoms with Crippen molar-refractivity contribution in [3.63, 3.8) is 0 Å². The SMILES string of the molecule is CC(Nc1ccc([N+](=O)[O-])cc1N)C(C)(C)C. The number of non-ortho nitro benzene ring substituents is 1. The van der Waals surface area contributed by atoms with Gasteiger partial charge in [0.1, 0.15) is 0 Å². The summed E-state index contributed by atoms with van der Waals surface area (Å²) in [5.41, 5.74) is 7.02. The largest absolute Gasteiger partial charge is 0.397 e. The van der Waals surface area contributed by atoms with Crippen molar-refractivity contribution < 1.29 is 4.92 Å². The van der Waals surface area contributed by atoms with Gasteiger partial charge in [0.05, 0.1) is 16.3 Å². The Morgan fingerprint density at radius 2 is 2.00 bits per heavy atom. The molecule has 0 aliphatic carbocycles. The highest BCUT2D eigenvalue weighted by Crippen LogP contribution is 2.28. The normalized spacial score (nSPS) is 13.2. The van der Waals surface area contributed by atoms with Gasteiger partial charge in [-0.1, -0.05) is 20.8 Å². The average molecular weight is 237 g/mol. The first-order valence-corrected chi connectivity index (χ1v) is 5.52. The Balaban J connectivity index is 2.90. The van der Waals surface area contributed by atoms with E-state index in [-0.39, 0.29) is 17.1 Å². The molecule has 0 aliphatic heterocycles. The minimum absolute atomic E-state index is 0.0106. The lowest BCUT2D eigenvalue weighted by Gasteiger charge is -2.29. The zero-order valence-electron chi connectivity index (χ0n) is 10.7. The number of nitrogens with one attached hydrogen (secondary N) is 1. The number of nitrogens with two attached hydrogens (primary N) is 1. The topological polar surface area (TPSA) is 81.2 Å². The minimum atomic E-state index is -0.451. The molecule has 0 amide bonds. The summed E-state index contributed by atoms with van der Waals surface area (Å²) in [5, 5.41) is 13.8. The first-order valence-electron chi connectivity index (χ1n) is 5.52. The van der Waals surface area contributed by atoms with E-state index in [1.54, 1.807) is 6.07 Å². The molecule has 0 saturated carbocycles. The third-order valence-corrected chi connectivity index (χ3v) is 2.92. The van der Waals surface area contributed by atoms with Crippen molar-refractivity contribution >= 4 is 17.1 Å². The van der Waals surface area contributed by atoms with Crippen LogP contribution < -0.4 is 11.1 Å². The van der Waals surface area contributed by atoms with Crippen LogP contribution in [0.2, 0.25) is 0 Å². The zero-order chi connectivity index (χ0) is 13.2. The fourth-order valence-electron chi connectivity index (χ4n) is 1.24. The zero-order valence-corrected chi connectivity index (χ0v) is 10.7. The quantitative estimate of drug-likeness (QED) is 0.481. The van der Waals surface area contributed by atoms with Gasteiger partial charge in [-0.25, -0.2) is 0 Å². The summed E-state index contributed by atoms with van der Waals surface area (Å²) in [6.45, 7) is 8.41. The molecule has 0 aliphatic rings. The molecule has 0 spiro atoms. The predicted octanol–water partition coefficient (Wildman–Crippen LogP) is 3.02. The van der Waals surface area contributed by atoms with Crippen molar-refractivity contribution in [1.82, 2.24) is 0 Å². The van der Waals surface area contributed by atoms with Crippen molar-refractivity contribution in [3.8, 4) is 0 Å². The molecule has 3 N–H and O–H groups in total. The van der Waals surface area contributed by atoms with Gasteiger partial charge in [0.15, 0.2) is 0 Å². The van der Waals surface area contributed by atoms with Crippen LogP contribution in [0.5, 0.6) is 0 Å². The van der Waals surface area contributed by atoms with Crippen LogP contribution in [-0.4, -0.2) is 11.0 Å². The van der Waals surface area contributed by atoms with E-state index in [0.29, 0.717) is 5.69 Å². The molecule has 0 radical (unpaired) electrons. The van der Waals surface area contributed by atoms with Crippen molar-refractivity contribution in [1.29, 1.82) is 0 Å². The summed E-state index contributed by atoms with van der Waals surface area (Å²) in [6.07, 6.45) is 0. The summed E-state index contributed by atoms with van der Waals surface area (Å²) in [4.78, 5) is 10.1. The molecular weight excluding hydrogens is 218 g/mol. The Labute approximate surface area is 101 Å². The number of nitrogens with zero attached hydrogens (tertiary/aromatic N) is 1.